The van der Waals surface area contributed by atoms with Crippen molar-refractivity contribution in [2.24, 2.45) is 4.99 Å². The molecular formula is C18H20N4. The first-order chi connectivity index (χ1) is 10.8. The third-order valence-electron chi connectivity index (χ3n) is 4.56. The second-order valence-corrected chi connectivity index (χ2v) is 6.08. The Morgan fingerprint density at radius 3 is 2.45 bits per heavy atom. The van der Waals surface area contributed by atoms with Crippen LogP contribution in [0.5, 0.6) is 0 Å². The lowest BCUT2D eigenvalue weighted by atomic mass is 10.0. The Bertz CT molecular complexity index is 697. The average molecular weight is 292 g/mol. The van der Waals surface area contributed by atoms with Gasteiger partial charge in [0, 0.05) is 56.2 Å². The minimum atomic E-state index is 0.886. The van der Waals surface area contributed by atoms with Crippen molar-refractivity contribution in [3.05, 3.63) is 53.9 Å². The summed E-state index contributed by atoms with van der Waals surface area (Å²) in [4.78, 5) is 13.7. The molecule has 2 aliphatic rings. The summed E-state index contributed by atoms with van der Waals surface area (Å²) in [7, 11) is 2.19. The van der Waals surface area contributed by atoms with E-state index in [0.717, 1.165) is 44.0 Å². The van der Waals surface area contributed by atoms with Crippen molar-refractivity contribution in [1.82, 2.24) is 9.88 Å². The Labute approximate surface area is 131 Å². The third kappa shape index (κ3) is 2.50. The summed E-state index contributed by atoms with van der Waals surface area (Å²) in [5, 5.41) is 0. The number of benzene rings is 1. The second-order valence-electron chi connectivity index (χ2n) is 6.08. The first-order valence-electron chi connectivity index (χ1n) is 7.84. The molecule has 4 nitrogen and oxygen atoms in total. The highest BCUT2D eigenvalue weighted by Crippen LogP contribution is 2.28. The van der Waals surface area contributed by atoms with Crippen molar-refractivity contribution in [3.63, 3.8) is 0 Å². The van der Waals surface area contributed by atoms with E-state index in [0.29, 0.717) is 0 Å². The molecule has 2 aromatic rings. The Balaban J connectivity index is 1.51. The van der Waals surface area contributed by atoms with Gasteiger partial charge in [0.2, 0.25) is 0 Å². The molecule has 0 bridgehead atoms. The number of piperazine rings is 1. The molecule has 0 saturated carbocycles. The van der Waals surface area contributed by atoms with Gasteiger partial charge in [-0.25, -0.2) is 0 Å². The lowest BCUT2D eigenvalue weighted by Crippen LogP contribution is -2.44. The van der Waals surface area contributed by atoms with Crippen LogP contribution >= 0.6 is 0 Å². The zero-order valence-electron chi connectivity index (χ0n) is 12.9. The number of rotatable bonds is 2. The van der Waals surface area contributed by atoms with E-state index in [1.54, 1.807) is 0 Å². The van der Waals surface area contributed by atoms with Crippen LogP contribution in [0.2, 0.25) is 0 Å². The van der Waals surface area contributed by atoms with Crippen LogP contribution in [0.4, 0.5) is 11.4 Å². The largest absolute Gasteiger partial charge is 0.369 e. The fourth-order valence-corrected chi connectivity index (χ4v) is 3.13. The Hall–Kier alpha value is -2.20. The fourth-order valence-electron chi connectivity index (χ4n) is 3.13. The summed E-state index contributed by atoms with van der Waals surface area (Å²) in [6.07, 6.45) is 4.61. The molecule has 22 heavy (non-hydrogen) atoms. The van der Waals surface area contributed by atoms with Crippen LogP contribution in [-0.4, -0.2) is 48.8 Å². The third-order valence-corrected chi connectivity index (χ3v) is 4.56. The van der Waals surface area contributed by atoms with E-state index in [9.17, 15) is 0 Å². The highest BCUT2D eigenvalue weighted by atomic mass is 15.2. The second kappa shape index (κ2) is 5.54. The first kappa shape index (κ1) is 13.5. The molecule has 1 aromatic carbocycles. The maximum atomic E-state index is 4.73. The molecule has 112 valence electrons. The smallest absolute Gasteiger partial charge is 0.0699 e. The monoisotopic (exact) mass is 292 g/mol. The Morgan fingerprint density at radius 1 is 0.955 bits per heavy atom. The van der Waals surface area contributed by atoms with Crippen molar-refractivity contribution in [2.45, 2.75) is 6.42 Å². The molecular weight excluding hydrogens is 272 g/mol. The standard InChI is InChI=1S/C18H20N4/c1-21-8-10-22(11-9-21)16-4-2-14(3-5-16)18-12-15-13-19-7-6-17(15)20-18/h2-7,13H,8-12H2,1H3. The molecule has 0 N–H and O–H groups in total. The van der Waals surface area contributed by atoms with Crippen molar-refractivity contribution >= 4 is 17.1 Å². The summed E-state index contributed by atoms with van der Waals surface area (Å²) < 4.78 is 0. The number of pyridine rings is 1. The van der Waals surface area contributed by atoms with Gasteiger partial charge in [0.25, 0.3) is 0 Å². The van der Waals surface area contributed by atoms with E-state index in [1.165, 1.54) is 16.8 Å². The van der Waals surface area contributed by atoms with Crippen molar-refractivity contribution in [2.75, 3.05) is 38.1 Å². The summed E-state index contributed by atoms with van der Waals surface area (Å²) in [5.74, 6) is 0. The van der Waals surface area contributed by atoms with Crippen LogP contribution in [-0.2, 0) is 6.42 Å². The predicted molar refractivity (Wildman–Crippen MR) is 90.3 cm³/mol. The molecule has 1 aromatic heterocycles. The zero-order valence-corrected chi connectivity index (χ0v) is 12.9. The van der Waals surface area contributed by atoms with Crippen molar-refractivity contribution in [1.29, 1.82) is 0 Å². The summed E-state index contributed by atoms with van der Waals surface area (Å²) >= 11 is 0. The van der Waals surface area contributed by atoms with Crippen LogP contribution in [0.3, 0.4) is 0 Å². The molecule has 1 fully saturated rings. The van der Waals surface area contributed by atoms with Gasteiger partial charge in [-0.3, -0.25) is 9.98 Å². The lowest BCUT2D eigenvalue weighted by molar-refractivity contribution is 0.313. The molecule has 0 atom stereocenters. The van der Waals surface area contributed by atoms with Gasteiger partial charge in [-0.05, 0) is 30.8 Å². The molecule has 0 spiro atoms. The highest BCUT2D eigenvalue weighted by Gasteiger charge is 2.17. The van der Waals surface area contributed by atoms with E-state index in [1.807, 2.05) is 18.5 Å². The molecule has 0 amide bonds. The van der Waals surface area contributed by atoms with Gasteiger partial charge in [0.05, 0.1) is 11.4 Å². The van der Waals surface area contributed by atoms with Gasteiger partial charge in [-0.1, -0.05) is 12.1 Å². The summed E-state index contributed by atoms with van der Waals surface area (Å²) in [5.41, 5.74) is 5.96. The molecule has 2 aliphatic heterocycles. The molecule has 1 saturated heterocycles. The van der Waals surface area contributed by atoms with Crippen LogP contribution in [0.1, 0.15) is 11.1 Å². The van der Waals surface area contributed by atoms with E-state index in [2.05, 4.69) is 46.1 Å². The molecule has 3 heterocycles. The van der Waals surface area contributed by atoms with Gasteiger partial charge in [-0.15, -0.1) is 0 Å². The molecule has 4 heteroatoms. The highest BCUT2D eigenvalue weighted by molar-refractivity contribution is 6.06. The number of aromatic nitrogens is 1. The van der Waals surface area contributed by atoms with Crippen LogP contribution in [0.25, 0.3) is 0 Å². The average Bonchev–Trinajstić information content (AvgIpc) is 3.00. The Morgan fingerprint density at radius 2 is 1.73 bits per heavy atom. The van der Waals surface area contributed by atoms with Crippen LogP contribution < -0.4 is 4.90 Å². The SMILES string of the molecule is CN1CCN(c2ccc(C3=Nc4ccncc4C3)cc2)CC1. The van der Waals surface area contributed by atoms with Crippen molar-refractivity contribution < 1.29 is 0 Å². The number of hydrogen-bond acceptors (Lipinski definition) is 4. The topological polar surface area (TPSA) is 31.7 Å². The maximum Gasteiger partial charge on any atom is 0.0699 e. The Kier molecular flexibility index (Phi) is 3.39. The number of likely N-dealkylation sites (N-methyl/N-ethyl adjacent to an activating group) is 1. The number of nitrogens with zero attached hydrogens (tertiary/aromatic N) is 4. The van der Waals surface area contributed by atoms with Gasteiger partial charge in [-0.2, -0.15) is 0 Å². The number of aliphatic imine (C=N–C) groups is 1. The van der Waals surface area contributed by atoms with Crippen LogP contribution in [0.15, 0.2) is 47.7 Å². The van der Waals surface area contributed by atoms with Crippen LogP contribution in [0, 0.1) is 0 Å². The fraction of sp³-hybridized carbons (Fsp3) is 0.333. The molecule has 0 radical (unpaired) electrons. The maximum absolute atomic E-state index is 4.73. The lowest BCUT2D eigenvalue weighted by Gasteiger charge is -2.34. The summed E-state index contributed by atoms with van der Waals surface area (Å²) in [6.45, 7) is 4.48. The van der Waals surface area contributed by atoms with Gasteiger partial charge in [0.1, 0.15) is 0 Å². The predicted octanol–water partition coefficient (Wildman–Crippen LogP) is 2.51. The molecule has 0 unspecified atom stereocenters. The first-order valence-corrected chi connectivity index (χ1v) is 7.84. The van der Waals surface area contributed by atoms with E-state index < -0.39 is 0 Å². The number of anilines is 1. The van der Waals surface area contributed by atoms with E-state index in [-0.39, 0.29) is 0 Å². The zero-order chi connectivity index (χ0) is 14.9. The minimum absolute atomic E-state index is 0.886. The van der Waals surface area contributed by atoms with Gasteiger partial charge < -0.3 is 9.80 Å². The normalized spacial score (nSPS) is 18.2. The van der Waals surface area contributed by atoms with Gasteiger partial charge >= 0.3 is 0 Å². The van der Waals surface area contributed by atoms with Gasteiger partial charge in [0.15, 0.2) is 0 Å². The van der Waals surface area contributed by atoms with E-state index >= 15 is 0 Å². The summed E-state index contributed by atoms with van der Waals surface area (Å²) in [6, 6.07) is 10.8. The van der Waals surface area contributed by atoms with E-state index in [4.69, 9.17) is 4.99 Å². The minimum Gasteiger partial charge on any atom is -0.369 e. The number of fused-ring (bicyclic) bond motifs is 1. The number of hydrogen-bond donors (Lipinski definition) is 0. The molecule has 4 rings (SSSR count). The quantitative estimate of drug-likeness (QED) is 0.852. The molecule has 0 aliphatic carbocycles. The van der Waals surface area contributed by atoms with Crippen molar-refractivity contribution in [3.8, 4) is 0 Å².